The maximum Gasteiger partial charge on any atom is 0.216 e. The summed E-state index contributed by atoms with van der Waals surface area (Å²) in [5.41, 5.74) is 1.03. The Labute approximate surface area is 95.9 Å². The zero-order chi connectivity index (χ0) is 10.8. The summed E-state index contributed by atoms with van der Waals surface area (Å²) in [6, 6.07) is 0.267. The largest absolute Gasteiger partial charge is 0.235 e. The lowest BCUT2D eigenvalue weighted by molar-refractivity contribution is 0.477. The minimum absolute atomic E-state index is 0.267. The fourth-order valence-electron chi connectivity index (χ4n) is 1.03. The molecule has 5 nitrogen and oxygen atoms in total. The molecule has 0 radical (unpaired) electrons. The predicted octanol–water partition coefficient (Wildman–Crippen LogP) is 2.17. The van der Waals surface area contributed by atoms with Crippen LogP contribution in [0.4, 0.5) is 0 Å². The Morgan fingerprint density at radius 2 is 2.27 bits per heavy atom. The van der Waals surface area contributed by atoms with E-state index in [1.54, 1.807) is 16.0 Å². The molecule has 0 aliphatic heterocycles. The standard InChI is InChI=1S/C8H11N5S2/c1-5(2)13-7(10-11-12-13)15-8-9-6(3)4-14-8/h4-5H,1-3H3. The first-order valence-electron chi connectivity index (χ1n) is 4.54. The lowest BCUT2D eigenvalue weighted by Crippen LogP contribution is -2.04. The Morgan fingerprint density at radius 3 is 2.87 bits per heavy atom. The Morgan fingerprint density at radius 1 is 1.47 bits per heavy atom. The molecular weight excluding hydrogens is 230 g/mol. The van der Waals surface area contributed by atoms with Gasteiger partial charge in [0.1, 0.15) is 0 Å². The molecule has 7 heteroatoms. The fourth-order valence-corrected chi connectivity index (χ4v) is 2.88. The number of hydrogen-bond acceptors (Lipinski definition) is 6. The third-order valence-electron chi connectivity index (χ3n) is 1.73. The molecule has 0 aromatic carbocycles. The van der Waals surface area contributed by atoms with Crippen molar-refractivity contribution in [2.45, 2.75) is 36.3 Å². The molecule has 2 heterocycles. The SMILES string of the molecule is Cc1csc(Sc2nnnn2C(C)C)n1. The van der Waals surface area contributed by atoms with E-state index in [-0.39, 0.29) is 6.04 Å². The summed E-state index contributed by atoms with van der Waals surface area (Å²) in [5, 5.41) is 14.4. The van der Waals surface area contributed by atoms with Crippen LogP contribution in [-0.2, 0) is 0 Å². The molecule has 0 spiro atoms. The molecule has 2 aromatic rings. The van der Waals surface area contributed by atoms with Gasteiger partial charge in [-0.15, -0.1) is 16.4 Å². The molecule has 0 aliphatic rings. The lowest BCUT2D eigenvalue weighted by atomic mass is 10.4. The second-order valence-corrected chi connectivity index (χ2v) is 5.43. The third kappa shape index (κ3) is 2.35. The summed E-state index contributed by atoms with van der Waals surface area (Å²) in [6.45, 7) is 6.08. The zero-order valence-corrected chi connectivity index (χ0v) is 10.3. The van der Waals surface area contributed by atoms with Crippen molar-refractivity contribution in [1.82, 2.24) is 25.2 Å². The van der Waals surface area contributed by atoms with Crippen LogP contribution in [0.25, 0.3) is 0 Å². The quantitative estimate of drug-likeness (QED) is 0.824. The Bertz CT molecular complexity index is 447. The first kappa shape index (κ1) is 10.6. The summed E-state index contributed by atoms with van der Waals surface area (Å²) in [4.78, 5) is 4.36. The average molecular weight is 241 g/mol. The van der Waals surface area contributed by atoms with Crippen molar-refractivity contribution in [3.05, 3.63) is 11.1 Å². The number of nitrogens with zero attached hydrogens (tertiary/aromatic N) is 5. The van der Waals surface area contributed by atoms with Gasteiger partial charge in [0, 0.05) is 11.1 Å². The van der Waals surface area contributed by atoms with Gasteiger partial charge in [-0.1, -0.05) is 0 Å². The van der Waals surface area contributed by atoms with Gasteiger partial charge in [-0.05, 0) is 43.0 Å². The van der Waals surface area contributed by atoms with Crippen LogP contribution in [0.1, 0.15) is 25.6 Å². The summed E-state index contributed by atoms with van der Waals surface area (Å²) >= 11 is 3.12. The summed E-state index contributed by atoms with van der Waals surface area (Å²) < 4.78 is 2.77. The third-order valence-corrected chi connectivity index (χ3v) is 3.74. The molecule has 0 N–H and O–H groups in total. The van der Waals surface area contributed by atoms with Gasteiger partial charge in [0.25, 0.3) is 0 Å². The van der Waals surface area contributed by atoms with Crippen molar-refractivity contribution in [2.24, 2.45) is 0 Å². The molecular formula is C8H11N5S2. The Hall–Kier alpha value is -0.950. The minimum Gasteiger partial charge on any atom is -0.235 e. The average Bonchev–Trinajstić information content (AvgIpc) is 2.75. The van der Waals surface area contributed by atoms with E-state index in [1.807, 2.05) is 26.2 Å². The van der Waals surface area contributed by atoms with Crippen molar-refractivity contribution < 1.29 is 0 Å². The van der Waals surface area contributed by atoms with Gasteiger partial charge < -0.3 is 0 Å². The van der Waals surface area contributed by atoms with E-state index in [9.17, 15) is 0 Å². The molecule has 2 aromatic heterocycles. The maximum atomic E-state index is 4.36. The van der Waals surface area contributed by atoms with E-state index in [0.29, 0.717) is 0 Å². The number of hydrogen-bond donors (Lipinski definition) is 0. The van der Waals surface area contributed by atoms with Crippen LogP contribution in [0.15, 0.2) is 14.9 Å². The summed E-state index contributed by atoms with van der Waals surface area (Å²) in [6.07, 6.45) is 0. The lowest BCUT2D eigenvalue weighted by Gasteiger charge is -2.04. The van der Waals surface area contributed by atoms with Gasteiger partial charge in [0.2, 0.25) is 5.16 Å². The summed E-state index contributed by atoms with van der Waals surface area (Å²) in [5.74, 6) is 0. The van der Waals surface area contributed by atoms with Gasteiger partial charge in [-0.3, -0.25) is 0 Å². The number of rotatable bonds is 3. The molecule has 0 bridgehead atoms. The first-order chi connectivity index (χ1) is 7.16. The number of aromatic nitrogens is 5. The molecule has 0 saturated heterocycles. The van der Waals surface area contributed by atoms with Gasteiger partial charge in [-0.2, -0.15) is 0 Å². The van der Waals surface area contributed by atoms with Crippen LogP contribution >= 0.6 is 23.1 Å². The van der Waals surface area contributed by atoms with Crippen molar-refractivity contribution in [3.63, 3.8) is 0 Å². The van der Waals surface area contributed by atoms with Gasteiger partial charge in [-0.25, -0.2) is 9.67 Å². The molecule has 0 aliphatic carbocycles. The van der Waals surface area contributed by atoms with Crippen molar-refractivity contribution in [2.75, 3.05) is 0 Å². The summed E-state index contributed by atoms with van der Waals surface area (Å²) in [7, 11) is 0. The number of aryl methyl sites for hydroxylation is 1. The second kappa shape index (κ2) is 4.28. The van der Waals surface area contributed by atoms with Crippen molar-refractivity contribution in [1.29, 1.82) is 0 Å². The van der Waals surface area contributed by atoms with Crippen LogP contribution in [0.3, 0.4) is 0 Å². The molecule has 0 saturated carbocycles. The first-order valence-corrected chi connectivity index (χ1v) is 6.24. The monoisotopic (exact) mass is 241 g/mol. The Kier molecular flexibility index (Phi) is 3.01. The number of thiazole rings is 1. The highest BCUT2D eigenvalue weighted by Gasteiger charge is 2.12. The van der Waals surface area contributed by atoms with Gasteiger partial charge in [0.15, 0.2) is 4.34 Å². The topological polar surface area (TPSA) is 56.5 Å². The van der Waals surface area contributed by atoms with Crippen LogP contribution in [0.5, 0.6) is 0 Å². The van der Waals surface area contributed by atoms with Crippen LogP contribution < -0.4 is 0 Å². The van der Waals surface area contributed by atoms with Gasteiger partial charge in [0.05, 0.1) is 6.04 Å². The molecule has 2 rings (SSSR count). The Balaban J connectivity index is 2.20. The van der Waals surface area contributed by atoms with Crippen LogP contribution in [0.2, 0.25) is 0 Å². The van der Waals surface area contributed by atoms with Gasteiger partial charge >= 0.3 is 0 Å². The molecule has 80 valence electrons. The number of tetrazole rings is 1. The molecule has 0 fully saturated rings. The van der Waals surface area contributed by atoms with E-state index in [4.69, 9.17) is 0 Å². The highest BCUT2D eigenvalue weighted by atomic mass is 32.2. The molecule has 0 unspecified atom stereocenters. The highest BCUT2D eigenvalue weighted by molar-refractivity contribution is 8.00. The molecule has 0 amide bonds. The maximum absolute atomic E-state index is 4.36. The molecule has 0 atom stereocenters. The molecule has 15 heavy (non-hydrogen) atoms. The van der Waals surface area contributed by atoms with Crippen LogP contribution in [-0.4, -0.2) is 25.2 Å². The minimum atomic E-state index is 0.267. The van der Waals surface area contributed by atoms with E-state index < -0.39 is 0 Å². The fraction of sp³-hybridized carbons (Fsp3) is 0.500. The van der Waals surface area contributed by atoms with E-state index in [0.717, 1.165) is 15.2 Å². The van der Waals surface area contributed by atoms with E-state index >= 15 is 0 Å². The smallest absolute Gasteiger partial charge is 0.216 e. The van der Waals surface area contributed by atoms with E-state index in [2.05, 4.69) is 20.5 Å². The van der Waals surface area contributed by atoms with Crippen LogP contribution in [0, 0.1) is 6.92 Å². The zero-order valence-electron chi connectivity index (χ0n) is 8.71. The normalized spacial score (nSPS) is 11.2. The van der Waals surface area contributed by atoms with E-state index in [1.165, 1.54) is 11.8 Å². The van der Waals surface area contributed by atoms with Crippen molar-refractivity contribution >= 4 is 23.1 Å². The highest BCUT2D eigenvalue weighted by Crippen LogP contribution is 2.29. The second-order valence-electron chi connectivity index (χ2n) is 3.36. The van der Waals surface area contributed by atoms with Crippen molar-refractivity contribution in [3.8, 4) is 0 Å². The predicted molar refractivity (Wildman–Crippen MR) is 59.2 cm³/mol.